The van der Waals surface area contributed by atoms with Crippen LogP contribution in [0.25, 0.3) is 0 Å². The van der Waals surface area contributed by atoms with Crippen LogP contribution < -0.4 is 0 Å². The van der Waals surface area contributed by atoms with Gasteiger partial charge in [0.15, 0.2) is 0 Å². The zero-order chi connectivity index (χ0) is 7.84. The lowest BCUT2D eigenvalue weighted by Crippen LogP contribution is -2.22. The van der Waals surface area contributed by atoms with Gasteiger partial charge in [-0.25, -0.2) is 0 Å². The fourth-order valence-electron chi connectivity index (χ4n) is 1.16. The van der Waals surface area contributed by atoms with Crippen LogP contribution in [0.4, 0.5) is 0 Å². The molecule has 3 nitrogen and oxygen atoms in total. The van der Waals surface area contributed by atoms with Gasteiger partial charge in [0.05, 0.1) is 0 Å². The first-order valence-corrected chi connectivity index (χ1v) is 3.50. The topological polar surface area (TPSA) is 32.7 Å². The molecule has 0 aromatic carbocycles. The van der Waals surface area contributed by atoms with E-state index in [1.165, 1.54) is 0 Å². The predicted octanol–water partition coefficient (Wildman–Crippen LogP) is 1.12. The molecular formula is C8H9ClN2O. The minimum Gasteiger partial charge on any atom is -0.323 e. The number of nitrogens with zero attached hydrogens (tertiary/aromatic N) is 2. The maximum Gasteiger partial charge on any atom is 0.267 e. The van der Waals surface area contributed by atoms with Gasteiger partial charge in [0, 0.05) is 6.20 Å². The van der Waals surface area contributed by atoms with Crippen molar-refractivity contribution in [3.8, 4) is 0 Å². The number of rotatable bonds is 0. The maximum absolute atomic E-state index is 10.8. The zero-order valence-electron chi connectivity index (χ0n) is 6.65. The van der Waals surface area contributed by atoms with Gasteiger partial charge in [-0.2, -0.15) is 4.99 Å². The van der Waals surface area contributed by atoms with Crippen molar-refractivity contribution in [2.75, 3.05) is 6.54 Å². The van der Waals surface area contributed by atoms with Crippen LogP contribution in [-0.4, -0.2) is 23.2 Å². The lowest BCUT2D eigenvalue weighted by molar-refractivity contribution is -0.116. The molecule has 2 heterocycles. The summed E-state index contributed by atoms with van der Waals surface area (Å²) in [6.45, 7) is 2.38. The van der Waals surface area contributed by atoms with E-state index in [0.717, 1.165) is 11.4 Å². The summed E-state index contributed by atoms with van der Waals surface area (Å²) < 4.78 is 0. The van der Waals surface area contributed by atoms with Crippen molar-refractivity contribution in [1.82, 2.24) is 4.90 Å². The molecule has 0 N–H and O–H groups in total. The molecule has 0 fully saturated rings. The average Bonchev–Trinajstić information content (AvgIpc) is 2.27. The lowest BCUT2D eigenvalue weighted by Gasteiger charge is -2.15. The van der Waals surface area contributed by atoms with Gasteiger partial charge in [0.1, 0.15) is 12.4 Å². The number of amidine groups is 1. The zero-order valence-corrected chi connectivity index (χ0v) is 7.47. The van der Waals surface area contributed by atoms with E-state index in [9.17, 15) is 4.79 Å². The second-order valence-electron chi connectivity index (χ2n) is 2.70. The predicted molar refractivity (Wildman–Crippen MR) is 49.3 cm³/mol. The number of carbonyl (C=O) groups is 1. The van der Waals surface area contributed by atoms with E-state index in [1.54, 1.807) is 0 Å². The highest BCUT2D eigenvalue weighted by atomic mass is 35.5. The van der Waals surface area contributed by atoms with Crippen LogP contribution in [0.3, 0.4) is 0 Å². The number of hydrogen-bond acceptors (Lipinski definition) is 2. The molecule has 0 bridgehead atoms. The van der Waals surface area contributed by atoms with Gasteiger partial charge in [0.25, 0.3) is 5.91 Å². The fraction of sp³-hybridized carbons (Fsp3) is 0.250. The van der Waals surface area contributed by atoms with Gasteiger partial charge in [-0.3, -0.25) is 4.79 Å². The van der Waals surface area contributed by atoms with Crippen LogP contribution in [-0.2, 0) is 4.79 Å². The highest BCUT2D eigenvalue weighted by Gasteiger charge is 2.20. The van der Waals surface area contributed by atoms with E-state index in [2.05, 4.69) is 4.99 Å². The van der Waals surface area contributed by atoms with E-state index in [0.29, 0.717) is 6.54 Å². The molecule has 4 heteroatoms. The highest BCUT2D eigenvalue weighted by Crippen LogP contribution is 2.12. The number of halogens is 1. The number of allylic oxidation sites excluding steroid dienone is 2. The number of aliphatic imine (C=N–C) groups is 1. The van der Waals surface area contributed by atoms with Crippen LogP contribution in [0.2, 0.25) is 0 Å². The Kier molecular flexibility index (Phi) is 2.33. The minimum absolute atomic E-state index is 0. The standard InChI is InChI=1S/C8H8N2O.ClH/c1-6-2-3-10-5-8(11)9-7(10)4-6;/h2-4H,5H2,1H3;1H. The molecule has 64 valence electrons. The summed E-state index contributed by atoms with van der Waals surface area (Å²) in [7, 11) is 0. The third kappa shape index (κ3) is 1.41. The van der Waals surface area contributed by atoms with Crippen molar-refractivity contribution < 1.29 is 4.79 Å². The normalized spacial score (nSPS) is 19.8. The Hall–Kier alpha value is -1.09. The van der Waals surface area contributed by atoms with Crippen molar-refractivity contribution >= 4 is 24.1 Å². The summed E-state index contributed by atoms with van der Waals surface area (Å²) >= 11 is 0. The summed E-state index contributed by atoms with van der Waals surface area (Å²) in [6.07, 6.45) is 5.77. The summed E-state index contributed by atoms with van der Waals surface area (Å²) in [4.78, 5) is 16.5. The molecule has 0 aromatic rings. The summed E-state index contributed by atoms with van der Waals surface area (Å²) in [5.74, 6) is 0.714. The molecule has 2 aliphatic heterocycles. The molecule has 0 saturated carbocycles. The molecule has 1 amide bonds. The van der Waals surface area contributed by atoms with Gasteiger partial charge in [-0.15, -0.1) is 12.4 Å². The largest absolute Gasteiger partial charge is 0.323 e. The van der Waals surface area contributed by atoms with Crippen molar-refractivity contribution in [2.24, 2.45) is 4.99 Å². The minimum atomic E-state index is -0.0596. The van der Waals surface area contributed by atoms with E-state index < -0.39 is 0 Å². The molecule has 2 aliphatic rings. The van der Waals surface area contributed by atoms with Crippen LogP contribution in [0, 0.1) is 0 Å². The molecule has 0 aliphatic carbocycles. The summed E-state index contributed by atoms with van der Waals surface area (Å²) in [6, 6.07) is 0. The SMILES string of the molecule is CC1=CC2=NC(=O)CN2C=C1.Cl. The fourth-order valence-corrected chi connectivity index (χ4v) is 1.16. The smallest absolute Gasteiger partial charge is 0.267 e. The molecule has 0 aromatic heterocycles. The van der Waals surface area contributed by atoms with E-state index in [1.807, 2.05) is 30.2 Å². The Morgan fingerprint density at radius 3 is 3.08 bits per heavy atom. The van der Waals surface area contributed by atoms with Crippen LogP contribution >= 0.6 is 12.4 Å². The highest BCUT2D eigenvalue weighted by molar-refractivity contribution is 6.08. The monoisotopic (exact) mass is 184 g/mol. The van der Waals surface area contributed by atoms with Crippen LogP contribution in [0.1, 0.15) is 6.92 Å². The van der Waals surface area contributed by atoms with Crippen molar-refractivity contribution in [3.05, 3.63) is 23.9 Å². The van der Waals surface area contributed by atoms with Crippen molar-refractivity contribution in [1.29, 1.82) is 0 Å². The molecular weight excluding hydrogens is 176 g/mol. The lowest BCUT2D eigenvalue weighted by atomic mass is 10.2. The Morgan fingerprint density at radius 1 is 1.58 bits per heavy atom. The Labute approximate surface area is 76.9 Å². The number of amides is 1. The molecule has 2 rings (SSSR count). The van der Waals surface area contributed by atoms with Crippen LogP contribution in [0.15, 0.2) is 28.9 Å². The number of hydrogen-bond donors (Lipinski definition) is 0. The van der Waals surface area contributed by atoms with E-state index in [-0.39, 0.29) is 18.3 Å². The molecule has 0 radical (unpaired) electrons. The Bertz CT molecular complexity index is 301. The summed E-state index contributed by atoms with van der Waals surface area (Å²) in [5.41, 5.74) is 1.13. The molecule has 0 unspecified atom stereocenters. The second kappa shape index (κ2) is 3.11. The Balaban J connectivity index is 0.000000720. The summed E-state index contributed by atoms with van der Waals surface area (Å²) in [5, 5.41) is 0. The maximum atomic E-state index is 10.8. The Morgan fingerprint density at radius 2 is 2.33 bits per heavy atom. The van der Waals surface area contributed by atoms with Gasteiger partial charge in [-0.05, 0) is 24.6 Å². The first-order chi connectivity index (χ1) is 5.25. The first-order valence-electron chi connectivity index (χ1n) is 3.50. The second-order valence-corrected chi connectivity index (χ2v) is 2.70. The molecule has 12 heavy (non-hydrogen) atoms. The molecule has 0 spiro atoms. The van der Waals surface area contributed by atoms with Gasteiger partial charge in [-0.1, -0.05) is 0 Å². The van der Waals surface area contributed by atoms with E-state index >= 15 is 0 Å². The first kappa shape index (κ1) is 9.00. The van der Waals surface area contributed by atoms with Gasteiger partial charge < -0.3 is 4.90 Å². The van der Waals surface area contributed by atoms with Crippen molar-refractivity contribution in [3.63, 3.8) is 0 Å². The van der Waals surface area contributed by atoms with Gasteiger partial charge in [0.2, 0.25) is 0 Å². The molecule has 0 saturated heterocycles. The van der Waals surface area contributed by atoms with Crippen molar-refractivity contribution in [2.45, 2.75) is 6.92 Å². The third-order valence-electron chi connectivity index (χ3n) is 1.71. The van der Waals surface area contributed by atoms with Crippen LogP contribution in [0.5, 0.6) is 0 Å². The molecule has 0 atom stereocenters. The number of fused-ring (bicyclic) bond motifs is 1. The number of carbonyl (C=O) groups excluding carboxylic acids is 1. The third-order valence-corrected chi connectivity index (χ3v) is 1.71. The van der Waals surface area contributed by atoms with Gasteiger partial charge >= 0.3 is 0 Å². The quantitative estimate of drug-likeness (QED) is 0.565. The average molecular weight is 185 g/mol. The van der Waals surface area contributed by atoms with E-state index in [4.69, 9.17) is 0 Å².